The Morgan fingerprint density at radius 1 is 1.53 bits per heavy atom. The lowest BCUT2D eigenvalue weighted by molar-refractivity contribution is 0.104. The van der Waals surface area contributed by atoms with E-state index in [1.165, 1.54) is 31.1 Å². The molecule has 0 atom stereocenters. The molecule has 0 saturated heterocycles. The van der Waals surface area contributed by atoms with Crippen molar-refractivity contribution in [3.8, 4) is 5.88 Å². The number of allylic oxidation sites excluding steroid dienone is 1. The van der Waals surface area contributed by atoms with E-state index in [4.69, 9.17) is 4.74 Å². The molecule has 1 rings (SSSR count). The van der Waals surface area contributed by atoms with Crippen LogP contribution in [-0.2, 0) is 0 Å². The molecule has 1 aromatic heterocycles. The molecule has 0 amide bonds. The molecule has 0 saturated carbocycles. The molecule has 0 aromatic carbocycles. The van der Waals surface area contributed by atoms with Crippen molar-refractivity contribution in [1.29, 1.82) is 0 Å². The summed E-state index contributed by atoms with van der Waals surface area (Å²) in [5, 5.41) is 0.579. The molecule has 0 radical (unpaired) electrons. The van der Waals surface area contributed by atoms with Crippen molar-refractivity contribution >= 4 is 17.5 Å². The van der Waals surface area contributed by atoms with Crippen molar-refractivity contribution in [1.82, 2.24) is 14.9 Å². The summed E-state index contributed by atoms with van der Waals surface area (Å²) in [6, 6.07) is 0. The number of hydrogen-bond acceptors (Lipinski definition) is 6. The fourth-order valence-corrected chi connectivity index (χ4v) is 1.41. The molecule has 0 bridgehead atoms. The lowest BCUT2D eigenvalue weighted by Gasteiger charge is -2.06. The number of hydrogen-bond donors (Lipinski definition) is 0. The lowest BCUT2D eigenvalue weighted by Crippen LogP contribution is -2.06. The van der Waals surface area contributed by atoms with Gasteiger partial charge in [0, 0.05) is 32.6 Å². The highest BCUT2D eigenvalue weighted by atomic mass is 32.2. The minimum Gasteiger partial charge on any atom is -0.480 e. The van der Waals surface area contributed by atoms with Gasteiger partial charge >= 0.3 is 0 Å². The van der Waals surface area contributed by atoms with E-state index in [0.29, 0.717) is 16.6 Å². The summed E-state index contributed by atoms with van der Waals surface area (Å²) < 4.78 is 5.08. The van der Waals surface area contributed by atoms with Gasteiger partial charge in [0.2, 0.25) is 5.88 Å². The third-order valence-corrected chi connectivity index (χ3v) is 2.46. The van der Waals surface area contributed by atoms with Crippen molar-refractivity contribution in [3.63, 3.8) is 0 Å². The summed E-state index contributed by atoms with van der Waals surface area (Å²) in [6.45, 7) is 0. The Hall–Kier alpha value is -1.56. The van der Waals surface area contributed by atoms with Crippen LogP contribution in [-0.4, -0.2) is 48.1 Å². The van der Waals surface area contributed by atoms with Gasteiger partial charge in [0.25, 0.3) is 0 Å². The maximum absolute atomic E-state index is 11.8. The molecule has 0 N–H and O–H groups in total. The van der Waals surface area contributed by atoms with Gasteiger partial charge in [-0.2, -0.15) is 4.98 Å². The third-order valence-electron chi connectivity index (χ3n) is 1.90. The molecule has 0 spiro atoms. The Balaban J connectivity index is 3.01. The number of rotatable bonds is 5. The summed E-state index contributed by atoms with van der Waals surface area (Å²) in [6.07, 6.45) is 6.48. The van der Waals surface area contributed by atoms with E-state index in [2.05, 4.69) is 9.97 Å². The Bertz CT molecular complexity index is 433. The Kier molecular flexibility index (Phi) is 4.96. The minimum atomic E-state index is -0.178. The molecule has 17 heavy (non-hydrogen) atoms. The quantitative estimate of drug-likeness (QED) is 0.343. The maximum atomic E-state index is 11.8. The average molecular weight is 253 g/mol. The largest absolute Gasteiger partial charge is 0.480 e. The van der Waals surface area contributed by atoms with Crippen LogP contribution in [0.15, 0.2) is 23.6 Å². The first kappa shape index (κ1) is 13.5. The summed E-state index contributed by atoms with van der Waals surface area (Å²) in [7, 11) is 5.17. The molecule has 92 valence electrons. The average Bonchev–Trinajstić information content (AvgIpc) is 2.34. The fraction of sp³-hybridized carbons (Fsp3) is 0.364. The van der Waals surface area contributed by atoms with Crippen molar-refractivity contribution in [3.05, 3.63) is 24.0 Å². The van der Waals surface area contributed by atoms with Crippen molar-refractivity contribution in [2.24, 2.45) is 0 Å². The van der Waals surface area contributed by atoms with Crippen molar-refractivity contribution in [2.45, 2.75) is 5.16 Å². The predicted molar refractivity (Wildman–Crippen MR) is 67.5 cm³/mol. The van der Waals surface area contributed by atoms with E-state index >= 15 is 0 Å². The molecular formula is C11H15N3O2S. The molecule has 5 nitrogen and oxygen atoms in total. The monoisotopic (exact) mass is 253 g/mol. The van der Waals surface area contributed by atoms with E-state index < -0.39 is 0 Å². The zero-order chi connectivity index (χ0) is 12.8. The van der Waals surface area contributed by atoms with E-state index in [1.807, 2.05) is 20.4 Å². The Morgan fingerprint density at radius 2 is 2.24 bits per heavy atom. The first-order valence-electron chi connectivity index (χ1n) is 4.92. The second-order valence-electron chi connectivity index (χ2n) is 3.42. The van der Waals surface area contributed by atoms with Gasteiger partial charge in [-0.05, 0) is 6.26 Å². The van der Waals surface area contributed by atoms with Crippen LogP contribution in [0.3, 0.4) is 0 Å². The van der Waals surface area contributed by atoms with Gasteiger partial charge in [-0.1, -0.05) is 11.8 Å². The van der Waals surface area contributed by atoms with Gasteiger partial charge in [0.15, 0.2) is 10.9 Å². The third kappa shape index (κ3) is 3.74. The van der Waals surface area contributed by atoms with Gasteiger partial charge in [0.1, 0.15) is 5.56 Å². The summed E-state index contributed by atoms with van der Waals surface area (Å²) >= 11 is 1.40. The highest BCUT2D eigenvalue weighted by Crippen LogP contribution is 2.19. The lowest BCUT2D eigenvalue weighted by atomic mass is 10.2. The molecule has 0 aliphatic heterocycles. The number of nitrogens with zero attached hydrogens (tertiary/aromatic N) is 3. The highest BCUT2D eigenvalue weighted by Gasteiger charge is 2.12. The first-order chi connectivity index (χ1) is 8.08. The number of thioether (sulfide) groups is 1. The van der Waals surface area contributed by atoms with E-state index in [9.17, 15) is 4.79 Å². The molecular weight excluding hydrogens is 238 g/mol. The second kappa shape index (κ2) is 6.24. The van der Waals surface area contributed by atoms with Gasteiger partial charge in [-0.15, -0.1) is 0 Å². The smallest absolute Gasteiger partial charge is 0.228 e. The molecule has 0 aliphatic carbocycles. The second-order valence-corrected chi connectivity index (χ2v) is 4.20. The first-order valence-corrected chi connectivity index (χ1v) is 6.15. The molecule has 6 heteroatoms. The number of methoxy groups -OCH3 is 1. The SMILES string of the molecule is COc1nc(SC)ncc1C(=O)C=CN(C)C. The minimum absolute atomic E-state index is 0.178. The predicted octanol–water partition coefficient (Wildman–Crippen LogP) is 1.47. The van der Waals surface area contributed by atoms with Crippen LogP contribution in [0.2, 0.25) is 0 Å². The number of carbonyl (C=O) groups excluding carboxylic acids is 1. The highest BCUT2D eigenvalue weighted by molar-refractivity contribution is 7.98. The van der Waals surface area contributed by atoms with Gasteiger partial charge < -0.3 is 9.64 Å². The van der Waals surface area contributed by atoms with Crippen LogP contribution < -0.4 is 4.74 Å². The molecule has 0 fully saturated rings. The number of ketones is 1. The Morgan fingerprint density at radius 3 is 2.76 bits per heavy atom. The van der Waals surface area contributed by atoms with Crippen molar-refractivity contribution in [2.75, 3.05) is 27.5 Å². The summed E-state index contributed by atoms with van der Waals surface area (Å²) in [5.74, 6) is 0.126. The number of aromatic nitrogens is 2. The van der Waals surface area contributed by atoms with Crippen LogP contribution in [0.1, 0.15) is 10.4 Å². The van der Waals surface area contributed by atoms with Crippen LogP contribution >= 0.6 is 11.8 Å². The fourth-order valence-electron chi connectivity index (χ4n) is 1.08. The summed E-state index contributed by atoms with van der Waals surface area (Å²) in [5.41, 5.74) is 0.364. The normalized spacial score (nSPS) is 10.6. The van der Waals surface area contributed by atoms with E-state index in [1.54, 1.807) is 11.1 Å². The van der Waals surface area contributed by atoms with Gasteiger partial charge in [-0.25, -0.2) is 4.98 Å². The van der Waals surface area contributed by atoms with Crippen LogP contribution in [0.5, 0.6) is 5.88 Å². The van der Waals surface area contributed by atoms with Crippen LogP contribution in [0.25, 0.3) is 0 Å². The van der Waals surface area contributed by atoms with Crippen LogP contribution in [0.4, 0.5) is 0 Å². The van der Waals surface area contributed by atoms with E-state index in [-0.39, 0.29) is 5.78 Å². The topological polar surface area (TPSA) is 55.3 Å². The molecule has 0 aliphatic rings. The molecule has 1 heterocycles. The zero-order valence-corrected chi connectivity index (χ0v) is 11.1. The van der Waals surface area contributed by atoms with E-state index in [0.717, 1.165) is 0 Å². The standard InChI is InChI=1S/C11H15N3O2S/c1-14(2)6-5-9(15)8-7-12-11(17-4)13-10(8)16-3/h5-7H,1-4H3. The number of ether oxygens (including phenoxy) is 1. The van der Waals surface area contributed by atoms with Crippen molar-refractivity contribution < 1.29 is 9.53 Å². The zero-order valence-electron chi connectivity index (χ0n) is 10.3. The molecule has 1 aromatic rings. The van der Waals surface area contributed by atoms with Crippen LogP contribution in [0, 0.1) is 0 Å². The van der Waals surface area contributed by atoms with Gasteiger partial charge in [0.05, 0.1) is 7.11 Å². The number of carbonyl (C=O) groups is 1. The Labute approximate surface area is 105 Å². The van der Waals surface area contributed by atoms with Gasteiger partial charge in [-0.3, -0.25) is 4.79 Å². The molecule has 0 unspecified atom stereocenters. The maximum Gasteiger partial charge on any atom is 0.228 e. The summed E-state index contributed by atoms with van der Waals surface area (Å²) in [4.78, 5) is 21.8.